The van der Waals surface area contributed by atoms with Gasteiger partial charge in [-0.05, 0) is 13.0 Å². The SMILES string of the molecule is Cc1sc2cccc[n+]2c1C. The van der Waals surface area contributed by atoms with Crippen molar-refractivity contribution in [3.8, 4) is 0 Å². The summed E-state index contributed by atoms with van der Waals surface area (Å²) in [7, 11) is 0. The van der Waals surface area contributed by atoms with Crippen molar-refractivity contribution >= 4 is 16.2 Å². The van der Waals surface area contributed by atoms with Crippen molar-refractivity contribution in [1.82, 2.24) is 0 Å². The third-order valence-electron chi connectivity index (χ3n) is 1.95. The van der Waals surface area contributed by atoms with Crippen LogP contribution in [0.4, 0.5) is 0 Å². The molecule has 2 heterocycles. The molecule has 2 heteroatoms. The maximum absolute atomic E-state index is 2.22. The quantitative estimate of drug-likeness (QED) is 0.525. The van der Waals surface area contributed by atoms with Crippen LogP contribution < -0.4 is 4.40 Å². The lowest BCUT2D eigenvalue weighted by Gasteiger charge is -1.81. The molecule has 0 fully saturated rings. The van der Waals surface area contributed by atoms with Gasteiger partial charge in [0.15, 0.2) is 11.9 Å². The Balaban J connectivity index is 2.92. The number of hydrogen-bond acceptors (Lipinski definition) is 1. The second-order valence-electron chi connectivity index (χ2n) is 2.65. The lowest BCUT2D eigenvalue weighted by molar-refractivity contribution is -0.515. The molecule has 0 aliphatic carbocycles. The fraction of sp³-hybridized carbons (Fsp3) is 0.222. The molecule has 2 aromatic rings. The molecule has 0 unspecified atom stereocenters. The molecule has 56 valence electrons. The smallest absolute Gasteiger partial charge is 0.155 e. The molecule has 0 amide bonds. The van der Waals surface area contributed by atoms with Gasteiger partial charge in [-0.25, -0.2) is 0 Å². The summed E-state index contributed by atoms with van der Waals surface area (Å²) in [5.74, 6) is 0. The van der Waals surface area contributed by atoms with Crippen molar-refractivity contribution in [2.75, 3.05) is 0 Å². The van der Waals surface area contributed by atoms with Gasteiger partial charge in [-0.2, -0.15) is 4.40 Å². The highest BCUT2D eigenvalue weighted by Crippen LogP contribution is 2.14. The van der Waals surface area contributed by atoms with Crippen molar-refractivity contribution in [2.45, 2.75) is 13.8 Å². The minimum atomic E-state index is 1.32. The normalized spacial score (nSPS) is 10.7. The molecule has 0 atom stereocenters. The molecule has 0 saturated carbocycles. The summed E-state index contributed by atoms with van der Waals surface area (Å²) < 4.78 is 2.22. The average molecular weight is 164 g/mol. The summed E-state index contributed by atoms with van der Waals surface area (Å²) in [6.07, 6.45) is 2.11. The van der Waals surface area contributed by atoms with E-state index in [1.807, 2.05) is 11.3 Å². The molecule has 0 bridgehead atoms. The number of pyridine rings is 1. The Bertz CT molecular complexity index is 389. The maximum Gasteiger partial charge on any atom is 0.267 e. The highest BCUT2D eigenvalue weighted by atomic mass is 32.1. The second kappa shape index (κ2) is 2.31. The van der Waals surface area contributed by atoms with Gasteiger partial charge in [0.2, 0.25) is 0 Å². The van der Waals surface area contributed by atoms with Crippen LogP contribution in [0.15, 0.2) is 24.4 Å². The van der Waals surface area contributed by atoms with Crippen molar-refractivity contribution in [3.05, 3.63) is 35.0 Å². The van der Waals surface area contributed by atoms with Crippen molar-refractivity contribution in [3.63, 3.8) is 0 Å². The van der Waals surface area contributed by atoms with Gasteiger partial charge >= 0.3 is 0 Å². The number of fused-ring (bicyclic) bond motifs is 1. The zero-order valence-electron chi connectivity index (χ0n) is 6.66. The number of hydrogen-bond donors (Lipinski definition) is 0. The van der Waals surface area contributed by atoms with E-state index >= 15 is 0 Å². The Hall–Kier alpha value is -0.890. The van der Waals surface area contributed by atoms with Crippen LogP contribution in [0.5, 0.6) is 0 Å². The largest absolute Gasteiger partial charge is 0.267 e. The van der Waals surface area contributed by atoms with Gasteiger partial charge in [0.05, 0.1) is 4.88 Å². The van der Waals surface area contributed by atoms with Gasteiger partial charge < -0.3 is 0 Å². The van der Waals surface area contributed by atoms with Gasteiger partial charge in [-0.1, -0.05) is 11.3 Å². The van der Waals surface area contributed by atoms with Crippen molar-refractivity contribution < 1.29 is 4.40 Å². The minimum Gasteiger partial charge on any atom is -0.155 e. The molecule has 0 N–H and O–H groups in total. The molecule has 0 aromatic carbocycles. The molecular weight excluding hydrogens is 154 g/mol. The average Bonchev–Trinajstić information content (AvgIpc) is 2.30. The Morgan fingerprint density at radius 3 is 2.82 bits per heavy atom. The topological polar surface area (TPSA) is 4.10 Å². The van der Waals surface area contributed by atoms with Crippen LogP contribution >= 0.6 is 11.3 Å². The molecule has 11 heavy (non-hydrogen) atoms. The third kappa shape index (κ3) is 0.942. The lowest BCUT2D eigenvalue weighted by atomic mass is 10.4. The lowest BCUT2D eigenvalue weighted by Crippen LogP contribution is -2.20. The second-order valence-corrected chi connectivity index (χ2v) is 3.89. The summed E-state index contributed by atoms with van der Waals surface area (Å²) in [5.41, 5.74) is 1.35. The summed E-state index contributed by atoms with van der Waals surface area (Å²) in [6.45, 7) is 4.31. The van der Waals surface area contributed by atoms with E-state index in [9.17, 15) is 0 Å². The van der Waals surface area contributed by atoms with Crippen LogP contribution in [0.2, 0.25) is 0 Å². The van der Waals surface area contributed by atoms with Crippen molar-refractivity contribution in [1.29, 1.82) is 0 Å². The number of aryl methyl sites for hydroxylation is 2. The van der Waals surface area contributed by atoms with E-state index in [0.29, 0.717) is 0 Å². The fourth-order valence-electron chi connectivity index (χ4n) is 1.19. The molecule has 0 aliphatic heterocycles. The Kier molecular flexibility index (Phi) is 1.43. The Labute approximate surface area is 69.9 Å². The number of rotatable bonds is 0. The fourth-order valence-corrected chi connectivity index (χ4v) is 2.19. The van der Waals surface area contributed by atoms with Gasteiger partial charge in [0, 0.05) is 19.1 Å². The Morgan fingerprint density at radius 1 is 1.27 bits per heavy atom. The summed E-state index contributed by atoms with van der Waals surface area (Å²) >= 11 is 1.84. The molecule has 2 rings (SSSR count). The van der Waals surface area contributed by atoms with Crippen LogP contribution in [0.3, 0.4) is 0 Å². The first kappa shape index (κ1) is 6.80. The van der Waals surface area contributed by atoms with Crippen LogP contribution in [0.1, 0.15) is 10.6 Å². The van der Waals surface area contributed by atoms with Gasteiger partial charge in [-0.3, -0.25) is 0 Å². The van der Waals surface area contributed by atoms with Crippen molar-refractivity contribution in [2.24, 2.45) is 0 Å². The summed E-state index contributed by atoms with van der Waals surface area (Å²) in [5, 5.41) is 0. The molecule has 2 aromatic heterocycles. The van der Waals surface area contributed by atoms with Crippen LogP contribution in [-0.4, -0.2) is 0 Å². The number of thiazole rings is 1. The zero-order chi connectivity index (χ0) is 7.84. The van der Waals surface area contributed by atoms with E-state index < -0.39 is 0 Å². The first-order chi connectivity index (χ1) is 5.29. The highest BCUT2D eigenvalue weighted by molar-refractivity contribution is 7.16. The highest BCUT2D eigenvalue weighted by Gasteiger charge is 2.11. The standard InChI is InChI=1S/C9H10NS/c1-7-8(2)11-9-5-3-4-6-10(7)9/h3-6H,1-2H3/q+1. The van der Waals surface area contributed by atoms with Gasteiger partial charge in [0.25, 0.3) is 4.83 Å². The van der Waals surface area contributed by atoms with E-state index in [1.165, 1.54) is 15.4 Å². The first-order valence-electron chi connectivity index (χ1n) is 3.65. The molecule has 0 aliphatic rings. The molecule has 0 radical (unpaired) electrons. The zero-order valence-corrected chi connectivity index (χ0v) is 7.48. The molecule has 1 nitrogen and oxygen atoms in total. The number of nitrogens with zero attached hydrogens (tertiary/aromatic N) is 1. The van der Waals surface area contributed by atoms with E-state index in [4.69, 9.17) is 0 Å². The van der Waals surface area contributed by atoms with E-state index in [1.54, 1.807) is 0 Å². The van der Waals surface area contributed by atoms with E-state index in [-0.39, 0.29) is 0 Å². The predicted molar refractivity (Wildman–Crippen MR) is 47.0 cm³/mol. The summed E-state index contributed by atoms with van der Waals surface area (Å²) in [6, 6.07) is 6.28. The maximum atomic E-state index is 2.22. The van der Waals surface area contributed by atoms with Gasteiger partial charge in [0.1, 0.15) is 0 Å². The molecule has 0 spiro atoms. The van der Waals surface area contributed by atoms with E-state index in [0.717, 1.165) is 0 Å². The predicted octanol–water partition coefficient (Wildman–Crippen LogP) is 2.10. The van der Waals surface area contributed by atoms with Crippen LogP contribution in [-0.2, 0) is 0 Å². The molecule has 0 saturated heterocycles. The van der Waals surface area contributed by atoms with E-state index in [2.05, 4.69) is 42.6 Å². The number of aromatic nitrogens is 1. The van der Waals surface area contributed by atoms with Crippen LogP contribution in [0.25, 0.3) is 4.83 Å². The first-order valence-corrected chi connectivity index (χ1v) is 4.47. The van der Waals surface area contributed by atoms with Crippen LogP contribution in [0, 0.1) is 13.8 Å². The third-order valence-corrected chi connectivity index (χ3v) is 3.09. The molecular formula is C9H10NS+. The summed E-state index contributed by atoms with van der Waals surface area (Å²) in [4.78, 5) is 2.72. The monoisotopic (exact) mass is 164 g/mol. The van der Waals surface area contributed by atoms with Gasteiger partial charge in [-0.15, -0.1) is 0 Å². The minimum absolute atomic E-state index is 1.32. The Morgan fingerprint density at radius 2 is 2.09 bits per heavy atom.